The van der Waals surface area contributed by atoms with Crippen LogP contribution in [0.2, 0.25) is 0 Å². The molecule has 3 heteroatoms. The van der Waals surface area contributed by atoms with Crippen LogP contribution in [0.25, 0.3) is 0 Å². The summed E-state index contributed by atoms with van der Waals surface area (Å²) < 4.78 is 5.43. The highest BCUT2D eigenvalue weighted by Gasteiger charge is 2.32. The fourth-order valence-corrected chi connectivity index (χ4v) is 2.58. The number of likely N-dealkylation sites (tertiary alicyclic amines) is 1. The van der Waals surface area contributed by atoms with Crippen LogP contribution in [0.15, 0.2) is 0 Å². The lowest BCUT2D eigenvalue weighted by molar-refractivity contribution is -0.154. The van der Waals surface area contributed by atoms with Crippen molar-refractivity contribution in [1.29, 1.82) is 0 Å². The van der Waals surface area contributed by atoms with Gasteiger partial charge in [-0.25, -0.2) is 0 Å². The van der Waals surface area contributed by atoms with Crippen LogP contribution in [0.5, 0.6) is 0 Å². The first-order valence-corrected chi connectivity index (χ1v) is 7.13. The van der Waals surface area contributed by atoms with E-state index in [4.69, 9.17) is 4.74 Å². The third-order valence-corrected chi connectivity index (χ3v) is 3.57. The molecule has 0 aromatic carbocycles. The van der Waals surface area contributed by atoms with Gasteiger partial charge in [-0.05, 0) is 45.6 Å². The molecule has 0 spiro atoms. The molecule has 1 fully saturated rings. The number of carbonyl (C=O) groups is 1. The Kier molecular flexibility index (Phi) is 5.20. The Balaban J connectivity index is 2.43. The molecule has 0 N–H and O–H groups in total. The maximum Gasteiger partial charge on any atom is 0.309 e. The van der Waals surface area contributed by atoms with Crippen molar-refractivity contribution in [2.75, 3.05) is 13.2 Å². The minimum atomic E-state index is 0.000168. The second-order valence-corrected chi connectivity index (χ2v) is 7.07. The van der Waals surface area contributed by atoms with Gasteiger partial charge in [0.25, 0.3) is 0 Å². The molecule has 2 atom stereocenters. The van der Waals surface area contributed by atoms with E-state index in [0.29, 0.717) is 18.7 Å². The Morgan fingerprint density at radius 2 is 2.00 bits per heavy atom. The highest BCUT2D eigenvalue weighted by atomic mass is 16.5. The van der Waals surface area contributed by atoms with Crippen LogP contribution in [0.4, 0.5) is 0 Å². The molecule has 0 saturated carbocycles. The van der Waals surface area contributed by atoms with Crippen molar-refractivity contribution in [1.82, 2.24) is 4.90 Å². The van der Waals surface area contributed by atoms with E-state index in [0.717, 1.165) is 19.4 Å². The molecule has 0 aromatic rings. The lowest BCUT2D eigenvalue weighted by atomic mass is 9.90. The Hall–Kier alpha value is -0.570. The number of carbonyl (C=O) groups excluding carboxylic acids is 1. The SMILES string of the molecule is CC(C)N1CCC(C(=O)OCC(C)(C)C)CC1C. The second kappa shape index (κ2) is 6.05. The summed E-state index contributed by atoms with van der Waals surface area (Å²) in [6.07, 6.45) is 1.87. The molecule has 3 nitrogen and oxygen atoms in total. The average Bonchev–Trinajstić information content (AvgIpc) is 2.24. The Labute approximate surface area is 112 Å². The molecule has 0 amide bonds. The normalized spacial score (nSPS) is 26.4. The number of hydrogen-bond acceptors (Lipinski definition) is 3. The molecule has 1 rings (SSSR count). The maximum absolute atomic E-state index is 12.0. The zero-order valence-corrected chi connectivity index (χ0v) is 12.8. The molecule has 2 unspecified atom stereocenters. The van der Waals surface area contributed by atoms with Gasteiger partial charge >= 0.3 is 5.97 Å². The van der Waals surface area contributed by atoms with Gasteiger partial charge in [-0.2, -0.15) is 0 Å². The summed E-state index contributed by atoms with van der Waals surface area (Å²) in [6.45, 7) is 14.4. The summed E-state index contributed by atoms with van der Waals surface area (Å²) in [7, 11) is 0. The maximum atomic E-state index is 12.0. The fraction of sp³-hybridized carbons (Fsp3) is 0.933. The summed E-state index contributed by atoms with van der Waals surface area (Å²) in [6, 6.07) is 1.04. The average molecular weight is 255 g/mol. The van der Waals surface area contributed by atoms with Gasteiger partial charge in [-0.15, -0.1) is 0 Å². The smallest absolute Gasteiger partial charge is 0.309 e. The van der Waals surface area contributed by atoms with Gasteiger partial charge in [0.05, 0.1) is 12.5 Å². The molecule has 106 valence electrons. The van der Waals surface area contributed by atoms with Crippen molar-refractivity contribution >= 4 is 5.97 Å². The lowest BCUT2D eigenvalue weighted by Gasteiger charge is -2.39. The molecule has 1 heterocycles. The standard InChI is InChI=1S/C15H29NO2/c1-11(2)16-8-7-13(9-12(16)3)14(17)18-10-15(4,5)6/h11-13H,7-10H2,1-6H3. The topological polar surface area (TPSA) is 29.5 Å². The van der Waals surface area contributed by atoms with Crippen molar-refractivity contribution in [3.8, 4) is 0 Å². The molecule has 0 bridgehead atoms. The molecule has 1 saturated heterocycles. The summed E-state index contributed by atoms with van der Waals surface area (Å²) in [5, 5.41) is 0. The van der Waals surface area contributed by atoms with Gasteiger partial charge in [0, 0.05) is 12.1 Å². The van der Waals surface area contributed by atoms with Crippen molar-refractivity contribution in [2.24, 2.45) is 11.3 Å². The molecule has 18 heavy (non-hydrogen) atoms. The van der Waals surface area contributed by atoms with Gasteiger partial charge in [-0.3, -0.25) is 9.69 Å². The van der Waals surface area contributed by atoms with Crippen molar-refractivity contribution in [2.45, 2.75) is 66.5 Å². The number of hydrogen-bond donors (Lipinski definition) is 0. The highest BCUT2D eigenvalue weighted by molar-refractivity contribution is 5.72. The van der Waals surface area contributed by atoms with Gasteiger partial charge in [-0.1, -0.05) is 20.8 Å². The van der Waals surface area contributed by atoms with E-state index in [2.05, 4.69) is 46.4 Å². The summed E-state index contributed by atoms with van der Waals surface area (Å²) in [5.74, 6) is 0.0949. The molecule has 1 aliphatic heterocycles. The van der Waals surface area contributed by atoms with E-state index in [9.17, 15) is 4.79 Å². The quantitative estimate of drug-likeness (QED) is 0.726. The van der Waals surface area contributed by atoms with Crippen LogP contribution in [0, 0.1) is 11.3 Å². The largest absolute Gasteiger partial charge is 0.465 e. The van der Waals surface area contributed by atoms with Gasteiger partial charge < -0.3 is 4.74 Å². The van der Waals surface area contributed by atoms with Gasteiger partial charge in [0.15, 0.2) is 0 Å². The van der Waals surface area contributed by atoms with Crippen LogP contribution >= 0.6 is 0 Å². The summed E-state index contributed by atoms with van der Waals surface area (Å²) in [4.78, 5) is 14.5. The summed E-state index contributed by atoms with van der Waals surface area (Å²) >= 11 is 0. The predicted octanol–water partition coefficient (Wildman–Crippen LogP) is 3.08. The number of rotatable bonds is 3. The van der Waals surface area contributed by atoms with Crippen molar-refractivity contribution < 1.29 is 9.53 Å². The van der Waals surface area contributed by atoms with Crippen LogP contribution in [-0.2, 0) is 9.53 Å². The first kappa shape index (κ1) is 15.5. The molecular weight excluding hydrogens is 226 g/mol. The summed E-state index contributed by atoms with van der Waals surface area (Å²) in [5.41, 5.74) is 0.0555. The predicted molar refractivity (Wildman–Crippen MR) is 74.4 cm³/mol. The highest BCUT2D eigenvalue weighted by Crippen LogP contribution is 2.26. The first-order valence-electron chi connectivity index (χ1n) is 7.13. The number of esters is 1. The van der Waals surface area contributed by atoms with Crippen molar-refractivity contribution in [3.05, 3.63) is 0 Å². The minimum absolute atomic E-state index is 0.000168. The van der Waals surface area contributed by atoms with E-state index < -0.39 is 0 Å². The fourth-order valence-electron chi connectivity index (χ4n) is 2.58. The Morgan fingerprint density at radius 1 is 1.39 bits per heavy atom. The Morgan fingerprint density at radius 3 is 2.44 bits per heavy atom. The van der Waals surface area contributed by atoms with Crippen LogP contribution in [0.1, 0.15) is 54.4 Å². The zero-order valence-electron chi connectivity index (χ0n) is 12.8. The zero-order chi connectivity index (χ0) is 13.9. The van der Waals surface area contributed by atoms with Crippen LogP contribution < -0.4 is 0 Å². The number of ether oxygens (including phenoxy) is 1. The van der Waals surface area contributed by atoms with Gasteiger partial charge in [0.2, 0.25) is 0 Å². The molecule has 0 aliphatic carbocycles. The minimum Gasteiger partial charge on any atom is -0.465 e. The van der Waals surface area contributed by atoms with Crippen molar-refractivity contribution in [3.63, 3.8) is 0 Å². The second-order valence-electron chi connectivity index (χ2n) is 7.07. The van der Waals surface area contributed by atoms with E-state index in [1.165, 1.54) is 0 Å². The van der Waals surface area contributed by atoms with E-state index >= 15 is 0 Å². The van der Waals surface area contributed by atoms with E-state index in [1.54, 1.807) is 0 Å². The van der Waals surface area contributed by atoms with Crippen LogP contribution in [-0.4, -0.2) is 36.1 Å². The van der Waals surface area contributed by atoms with E-state index in [-0.39, 0.29) is 17.3 Å². The third kappa shape index (κ3) is 4.60. The monoisotopic (exact) mass is 255 g/mol. The number of nitrogens with zero attached hydrogens (tertiary/aromatic N) is 1. The Bertz CT molecular complexity index is 281. The molecule has 0 radical (unpaired) electrons. The third-order valence-electron chi connectivity index (χ3n) is 3.57. The molecule has 1 aliphatic rings. The first-order chi connectivity index (χ1) is 8.20. The number of piperidine rings is 1. The van der Waals surface area contributed by atoms with E-state index in [1.807, 2.05) is 0 Å². The molecular formula is C15H29NO2. The lowest BCUT2D eigenvalue weighted by Crippen LogP contribution is -2.46. The molecule has 0 aromatic heterocycles. The van der Waals surface area contributed by atoms with Crippen LogP contribution in [0.3, 0.4) is 0 Å². The van der Waals surface area contributed by atoms with Gasteiger partial charge in [0.1, 0.15) is 0 Å².